The van der Waals surface area contributed by atoms with Crippen LogP contribution >= 0.6 is 0 Å². The van der Waals surface area contributed by atoms with Gasteiger partial charge in [-0.2, -0.15) is 0 Å². The van der Waals surface area contributed by atoms with Gasteiger partial charge in [-0.1, -0.05) is 12.1 Å². The molecule has 0 radical (unpaired) electrons. The molecular formula is C22H23N5O. The zero-order chi connectivity index (χ0) is 19.7. The van der Waals surface area contributed by atoms with Gasteiger partial charge in [0.1, 0.15) is 5.69 Å². The minimum Gasteiger partial charge on any atom is -0.358 e. The maximum Gasteiger partial charge on any atom is 0.275 e. The zero-order valence-electron chi connectivity index (χ0n) is 16.3. The number of benzene rings is 2. The summed E-state index contributed by atoms with van der Waals surface area (Å²) in [4.78, 5) is 27.0. The summed E-state index contributed by atoms with van der Waals surface area (Å²) in [6.07, 6.45) is 2.46. The number of anilines is 1. The van der Waals surface area contributed by atoms with Crippen molar-refractivity contribution in [3.63, 3.8) is 0 Å². The van der Waals surface area contributed by atoms with Crippen molar-refractivity contribution in [2.24, 2.45) is 0 Å². The molecule has 0 bridgehead atoms. The van der Waals surface area contributed by atoms with E-state index in [2.05, 4.69) is 46.2 Å². The number of amides is 1. The largest absolute Gasteiger partial charge is 0.358 e. The van der Waals surface area contributed by atoms with E-state index in [1.807, 2.05) is 42.5 Å². The van der Waals surface area contributed by atoms with Gasteiger partial charge in [0.05, 0.1) is 17.2 Å². The molecule has 4 aromatic rings. The third-order valence-electron chi connectivity index (χ3n) is 4.87. The monoisotopic (exact) mass is 373 g/mol. The Hall–Kier alpha value is -3.25. The minimum atomic E-state index is -0.264. The Kier molecular flexibility index (Phi) is 4.79. The molecule has 0 fully saturated rings. The molecule has 0 aliphatic heterocycles. The van der Waals surface area contributed by atoms with E-state index < -0.39 is 0 Å². The molecule has 2 heterocycles. The van der Waals surface area contributed by atoms with Crippen molar-refractivity contribution < 1.29 is 4.79 Å². The molecule has 0 saturated carbocycles. The predicted octanol–water partition coefficient (Wildman–Crippen LogP) is 3.78. The Morgan fingerprint density at radius 1 is 1.14 bits per heavy atom. The molecule has 0 saturated heterocycles. The number of aryl methyl sites for hydroxylation is 1. The van der Waals surface area contributed by atoms with Crippen molar-refractivity contribution in [2.75, 3.05) is 26.0 Å². The van der Waals surface area contributed by atoms with Crippen LogP contribution in [0.1, 0.15) is 21.7 Å². The molecule has 1 amide bonds. The number of aromatic amines is 1. The summed E-state index contributed by atoms with van der Waals surface area (Å²) < 4.78 is 0. The maximum atomic E-state index is 12.7. The van der Waals surface area contributed by atoms with Gasteiger partial charge in [-0.15, -0.1) is 0 Å². The Labute approximate surface area is 163 Å². The summed E-state index contributed by atoms with van der Waals surface area (Å²) in [5.41, 5.74) is 6.06. The van der Waals surface area contributed by atoms with Crippen LogP contribution in [0.4, 0.5) is 5.69 Å². The molecule has 0 spiro atoms. The lowest BCUT2D eigenvalue weighted by Gasteiger charge is -2.10. The second-order valence-corrected chi connectivity index (χ2v) is 7.24. The quantitative estimate of drug-likeness (QED) is 0.558. The van der Waals surface area contributed by atoms with Gasteiger partial charge in [-0.25, -0.2) is 4.98 Å². The fourth-order valence-electron chi connectivity index (χ4n) is 3.38. The summed E-state index contributed by atoms with van der Waals surface area (Å²) in [6, 6.07) is 13.4. The van der Waals surface area contributed by atoms with E-state index in [1.165, 1.54) is 17.5 Å². The maximum absolute atomic E-state index is 12.7. The number of hydrogen-bond donors (Lipinski definition) is 2. The number of nitrogens with zero attached hydrogens (tertiary/aromatic N) is 3. The van der Waals surface area contributed by atoms with Gasteiger partial charge in [-0.05, 0) is 63.3 Å². The fraction of sp³-hybridized carbons (Fsp3) is 0.227. The highest BCUT2D eigenvalue weighted by atomic mass is 16.1. The summed E-state index contributed by atoms with van der Waals surface area (Å²) in [5.74, 6) is -0.264. The van der Waals surface area contributed by atoms with E-state index >= 15 is 0 Å². The number of carbonyl (C=O) groups is 1. The number of hydrogen-bond acceptors (Lipinski definition) is 4. The van der Waals surface area contributed by atoms with Crippen LogP contribution in [0.2, 0.25) is 0 Å². The standard InChI is InChI=1S/C22H23N5O/c1-14-16(10-11-27(2)3)17-12-15(8-9-18(17)24-14)25-22(28)21-13-23-19-6-4-5-7-20(19)26-21/h4-9,12-13,24H,10-11H2,1-3H3,(H,25,28). The number of H-pyrrole nitrogens is 1. The molecule has 2 aromatic carbocycles. The molecule has 0 aliphatic carbocycles. The zero-order valence-corrected chi connectivity index (χ0v) is 16.3. The molecule has 6 nitrogen and oxygen atoms in total. The van der Waals surface area contributed by atoms with Crippen molar-refractivity contribution in [2.45, 2.75) is 13.3 Å². The first-order valence-corrected chi connectivity index (χ1v) is 9.30. The topological polar surface area (TPSA) is 73.9 Å². The highest BCUT2D eigenvalue weighted by molar-refractivity contribution is 6.04. The Balaban J connectivity index is 1.61. The Morgan fingerprint density at radius 3 is 2.71 bits per heavy atom. The Bertz CT molecular complexity index is 1160. The molecule has 0 unspecified atom stereocenters. The molecule has 28 heavy (non-hydrogen) atoms. The number of carbonyl (C=O) groups excluding carboxylic acids is 1. The third kappa shape index (κ3) is 3.59. The normalized spacial score (nSPS) is 11.4. The van der Waals surface area contributed by atoms with Crippen LogP contribution < -0.4 is 5.32 Å². The highest BCUT2D eigenvalue weighted by Crippen LogP contribution is 2.26. The first-order valence-electron chi connectivity index (χ1n) is 9.30. The van der Waals surface area contributed by atoms with Crippen LogP contribution in [0.25, 0.3) is 21.9 Å². The minimum absolute atomic E-state index is 0.264. The van der Waals surface area contributed by atoms with Gasteiger partial charge in [-0.3, -0.25) is 9.78 Å². The van der Waals surface area contributed by atoms with E-state index in [9.17, 15) is 4.79 Å². The first-order chi connectivity index (χ1) is 13.5. The second-order valence-electron chi connectivity index (χ2n) is 7.24. The SMILES string of the molecule is Cc1[nH]c2ccc(NC(=O)c3cnc4ccccc4n3)cc2c1CCN(C)C. The van der Waals surface area contributed by atoms with Crippen LogP contribution in [0, 0.1) is 6.92 Å². The number of aromatic nitrogens is 3. The molecule has 0 atom stereocenters. The number of likely N-dealkylation sites (N-methyl/N-ethyl adjacent to an activating group) is 1. The van der Waals surface area contributed by atoms with Gasteiger partial charge >= 0.3 is 0 Å². The van der Waals surface area contributed by atoms with Gasteiger partial charge in [0.25, 0.3) is 5.91 Å². The lowest BCUT2D eigenvalue weighted by Crippen LogP contribution is -2.15. The number of para-hydroxylation sites is 2. The van der Waals surface area contributed by atoms with Crippen molar-refractivity contribution in [1.29, 1.82) is 0 Å². The summed E-state index contributed by atoms with van der Waals surface area (Å²) >= 11 is 0. The number of rotatable bonds is 5. The van der Waals surface area contributed by atoms with Crippen molar-refractivity contribution >= 4 is 33.5 Å². The van der Waals surface area contributed by atoms with E-state index in [4.69, 9.17) is 0 Å². The number of nitrogens with one attached hydrogen (secondary N) is 2. The smallest absolute Gasteiger partial charge is 0.275 e. The van der Waals surface area contributed by atoms with Gasteiger partial charge in [0, 0.05) is 28.8 Å². The van der Waals surface area contributed by atoms with Crippen LogP contribution in [-0.4, -0.2) is 46.4 Å². The second kappa shape index (κ2) is 7.40. The lowest BCUT2D eigenvalue weighted by atomic mass is 10.1. The lowest BCUT2D eigenvalue weighted by molar-refractivity contribution is 0.102. The fourth-order valence-corrected chi connectivity index (χ4v) is 3.38. The average molecular weight is 373 g/mol. The van der Waals surface area contributed by atoms with E-state index in [1.54, 1.807) is 0 Å². The molecule has 142 valence electrons. The van der Waals surface area contributed by atoms with E-state index in [0.29, 0.717) is 11.2 Å². The molecule has 6 heteroatoms. The van der Waals surface area contributed by atoms with Crippen LogP contribution in [-0.2, 0) is 6.42 Å². The molecular weight excluding hydrogens is 350 g/mol. The van der Waals surface area contributed by atoms with Crippen LogP contribution in [0.15, 0.2) is 48.7 Å². The number of fused-ring (bicyclic) bond motifs is 2. The molecule has 4 rings (SSSR count). The van der Waals surface area contributed by atoms with Gasteiger partial charge in [0.15, 0.2) is 0 Å². The van der Waals surface area contributed by atoms with Crippen molar-refractivity contribution in [3.8, 4) is 0 Å². The van der Waals surface area contributed by atoms with Crippen molar-refractivity contribution in [3.05, 3.63) is 65.6 Å². The molecule has 2 aromatic heterocycles. The van der Waals surface area contributed by atoms with E-state index in [0.717, 1.165) is 35.1 Å². The van der Waals surface area contributed by atoms with Crippen molar-refractivity contribution in [1.82, 2.24) is 19.9 Å². The molecule has 2 N–H and O–H groups in total. The summed E-state index contributed by atoms with van der Waals surface area (Å²) in [7, 11) is 4.14. The first kappa shape index (κ1) is 18.1. The third-order valence-corrected chi connectivity index (χ3v) is 4.87. The van der Waals surface area contributed by atoms with Crippen LogP contribution in [0.3, 0.4) is 0 Å². The summed E-state index contributed by atoms with van der Waals surface area (Å²) in [6.45, 7) is 3.06. The van der Waals surface area contributed by atoms with Crippen LogP contribution in [0.5, 0.6) is 0 Å². The highest BCUT2D eigenvalue weighted by Gasteiger charge is 2.13. The Morgan fingerprint density at radius 2 is 1.93 bits per heavy atom. The van der Waals surface area contributed by atoms with Gasteiger partial charge < -0.3 is 15.2 Å². The van der Waals surface area contributed by atoms with Gasteiger partial charge in [0.2, 0.25) is 0 Å². The summed E-state index contributed by atoms with van der Waals surface area (Å²) in [5, 5.41) is 4.09. The predicted molar refractivity (Wildman–Crippen MR) is 113 cm³/mol. The average Bonchev–Trinajstić information content (AvgIpc) is 3.00. The van der Waals surface area contributed by atoms with E-state index in [-0.39, 0.29) is 5.91 Å². The molecule has 0 aliphatic rings.